The van der Waals surface area contributed by atoms with Crippen molar-refractivity contribution in [2.24, 2.45) is 23.2 Å². The van der Waals surface area contributed by atoms with Gasteiger partial charge in [0.1, 0.15) is 0 Å². The van der Waals surface area contributed by atoms with Gasteiger partial charge in [0.25, 0.3) is 0 Å². The number of rotatable bonds is 1. The van der Waals surface area contributed by atoms with E-state index in [2.05, 4.69) is 33.8 Å². The zero-order valence-electron chi connectivity index (χ0n) is 10.7. The summed E-state index contributed by atoms with van der Waals surface area (Å²) in [6.45, 7) is 13.6. The fourth-order valence-electron chi connectivity index (χ4n) is 3.04. The Hall–Kier alpha value is -0.260. The molecular formula is C14H26. The Bertz CT molecular complexity index is 220. The van der Waals surface area contributed by atoms with Crippen LogP contribution in [-0.2, 0) is 0 Å². The van der Waals surface area contributed by atoms with E-state index in [0.29, 0.717) is 5.41 Å². The summed E-state index contributed by atoms with van der Waals surface area (Å²) in [6.07, 6.45) is 5.32. The maximum Gasteiger partial charge on any atom is -0.0144 e. The molecule has 14 heavy (non-hydrogen) atoms. The summed E-state index contributed by atoms with van der Waals surface area (Å²) in [5.41, 5.74) is 2.36. The van der Waals surface area contributed by atoms with Crippen LogP contribution < -0.4 is 0 Å². The van der Waals surface area contributed by atoms with Crippen LogP contribution in [0.1, 0.15) is 54.4 Å². The lowest BCUT2D eigenvalue weighted by Gasteiger charge is -2.57. The van der Waals surface area contributed by atoms with Crippen molar-refractivity contribution in [3.63, 3.8) is 0 Å². The first-order valence-electron chi connectivity index (χ1n) is 6.23. The highest BCUT2D eigenvalue weighted by molar-refractivity contribution is 5.24. The highest BCUT2D eigenvalue weighted by Crippen LogP contribution is 2.60. The molecule has 0 radical (unpaired) electrons. The lowest BCUT2D eigenvalue weighted by molar-refractivity contribution is -0.0116. The van der Waals surface area contributed by atoms with Crippen LogP contribution in [0.2, 0.25) is 0 Å². The predicted molar refractivity (Wildman–Crippen MR) is 64.3 cm³/mol. The van der Waals surface area contributed by atoms with Gasteiger partial charge in [0.15, 0.2) is 0 Å². The molecule has 0 amide bonds. The molecule has 3 aliphatic carbocycles. The maximum absolute atomic E-state index is 2.51. The Morgan fingerprint density at radius 1 is 1.29 bits per heavy atom. The minimum Gasteiger partial charge on any atom is -0.0845 e. The molecule has 3 aliphatic rings. The molecule has 0 unspecified atom stereocenters. The van der Waals surface area contributed by atoms with Gasteiger partial charge in [-0.25, -0.2) is 0 Å². The zero-order chi connectivity index (χ0) is 10.9. The summed E-state index contributed by atoms with van der Waals surface area (Å²) in [4.78, 5) is 0. The average Bonchev–Trinajstić information content (AvgIpc) is 2.20. The Morgan fingerprint density at radius 2 is 1.86 bits per heavy atom. The maximum atomic E-state index is 2.51. The summed E-state index contributed by atoms with van der Waals surface area (Å²) in [5.74, 6) is 2.68. The molecule has 0 saturated heterocycles. The van der Waals surface area contributed by atoms with E-state index in [0.717, 1.165) is 17.8 Å². The molecule has 3 rings (SSSR count). The van der Waals surface area contributed by atoms with Crippen molar-refractivity contribution in [1.82, 2.24) is 0 Å². The van der Waals surface area contributed by atoms with Crippen molar-refractivity contribution >= 4 is 0 Å². The van der Waals surface area contributed by atoms with Gasteiger partial charge in [0.05, 0.1) is 0 Å². The van der Waals surface area contributed by atoms with E-state index in [1.165, 1.54) is 12.8 Å². The molecule has 82 valence electrons. The van der Waals surface area contributed by atoms with Crippen molar-refractivity contribution < 1.29 is 0 Å². The standard InChI is InChI=1S/C12H20.C2H6/c1-8(2)10-6-5-9-7-11(10)12(9,3)4;1-2/h6,8-9,11H,5,7H2,1-4H3;1-2H3/t9-,11-;/m0./s1. The normalized spacial score (nSPS) is 32.6. The van der Waals surface area contributed by atoms with Gasteiger partial charge >= 0.3 is 0 Å². The van der Waals surface area contributed by atoms with Crippen LogP contribution in [0, 0.1) is 23.2 Å². The molecular weight excluding hydrogens is 168 g/mol. The molecule has 0 aromatic heterocycles. The summed E-state index contributed by atoms with van der Waals surface area (Å²) >= 11 is 0. The highest BCUT2D eigenvalue weighted by Gasteiger charge is 2.51. The smallest absolute Gasteiger partial charge is 0.0144 e. The number of allylic oxidation sites excluding steroid dienone is 2. The predicted octanol–water partition coefficient (Wildman–Crippen LogP) is 4.66. The number of fused-ring (bicyclic) bond motifs is 1. The van der Waals surface area contributed by atoms with Gasteiger partial charge in [-0.05, 0) is 36.0 Å². The quantitative estimate of drug-likeness (QED) is 0.532. The van der Waals surface area contributed by atoms with Crippen molar-refractivity contribution in [3.05, 3.63) is 11.6 Å². The summed E-state index contributed by atoms with van der Waals surface area (Å²) < 4.78 is 0. The molecule has 0 heteroatoms. The second kappa shape index (κ2) is 4.08. The first-order chi connectivity index (χ1) is 6.53. The molecule has 0 spiro atoms. The van der Waals surface area contributed by atoms with E-state index in [-0.39, 0.29) is 0 Å². The minimum absolute atomic E-state index is 0.619. The van der Waals surface area contributed by atoms with Crippen LogP contribution in [0.4, 0.5) is 0 Å². The molecule has 0 heterocycles. The van der Waals surface area contributed by atoms with Crippen LogP contribution in [0.15, 0.2) is 11.6 Å². The summed E-state index contributed by atoms with van der Waals surface area (Å²) in [7, 11) is 0. The SMILES string of the molecule is CC.CC(C)C1=CC[C@H]2C[C@@H]1C2(C)C. The average molecular weight is 194 g/mol. The third-order valence-corrected chi connectivity index (χ3v) is 4.18. The molecule has 2 atom stereocenters. The summed E-state index contributed by atoms with van der Waals surface area (Å²) in [6, 6.07) is 0. The molecule has 0 nitrogen and oxygen atoms in total. The van der Waals surface area contributed by atoms with Crippen LogP contribution in [-0.4, -0.2) is 0 Å². The number of hydrogen-bond donors (Lipinski definition) is 0. The first kappa shape index (κ1) is 11.8. The van der Waals surface area contributed by atoms with Crippen LogP contribution in [0.25, 0.3) is 0 Å². The van der Waals surface area contributed by atoms with Crippen molar-refractivity contribution in [1.29, 1.82) is 0 Å². The van der Waals surface area contributed by atoms with E-state index in [1.807, 2.05) is 13.8 Å². The Kier molecular flexibility index (Phi) is 3.44. The molecule has 1 fully saturated rings. The fourth-order valence-corrected chi connectivity index (χ4v) is 3.04. The van der Waals surface area contributed by atoms with Gasteiger partial charge in [-0.3, -0.25) is 0 Å². The van der Waals surface area contributed by atoms with Crippen molar-refractivity contribution in [3.8, 4) is 0 Å². The van der Waals surface area contributed by atoms with E-state index < -0.39 is 0 Å². The molecule has 0 aliphatic heterocycles. The molecule has 0 N–H and O–H groups in total. The van der Waals surface area contributed by atoms with Crippen molar-refractivity contribution in [2.45, 2.75) is 54.4 Å². The lowest BCUT2D eigenvalue weighted by Crippen LogP contribution is -2.48. The van der Waals surface area contributed by atoms with Crippen LogP contribution in [0.3, 0.4) is 0 Å². The largest absolute Gasteiger partial charge is 0.0845 e. The Morgan fingerprint density at radius 3 is 2.14 bits per heavy atom. The topological polar surface area (TPSA) is 0 Å². The second-order valence-electron chi connectivity index (χ2n) is 5.40. The van der Waals surface area contributed by atoms with E-state index in [4.69, 9.17) is 0 Å². The molecule has 0 aromatic rings. The lowest BCUT2D eigenvalue weighted by atomic mass is 9.48. The third kappa shape index (κ3) is 1.64. The fraction of sp³-hybridized carbons (Fsp3) is 0.857. The Balaban J connectivity index is 0.000000461. The van der Waals surface area contributed by atoms with Gasteiger partial charge in [-0.2, -0.15) is 0 Å². The van der Waals surface area contributed by atoms with E-state index in [9.17, 15) is 0 Å². The monoisotopic (exact) mass is 194 g/mol. The van der Waals surface area contributed by atoms with Gasteiger partial charge in [0, 0.05) is 0 Å². The molecule has 1 saturated carbocycles. The minimum atomic E-state index is 0.619. The van der Waals surface area contributed by atoms with Gasteiger partial charge in [-0.15, -0.1) is 0 Å². The Labute approximate surface area is 89.8 Å². The first-order valence-corrected chi connectivity index (χ1v) is 6.23. The van der Waals surface area contributed by atoms with Crippen molar-refractivity contribution in [2.75, 3.05) is 0 Å². The summed E-state index contributed by atoms with van der Waals surface area (Å²) in [5, 5.41) is 0. The van der Waals surface area contributed by atoms with E-state index in [1.54, 1.807) is 5.57 Å². The third-order valence-electron chi connectivity index (χ3n) is 4.18. The van der Waals surface area contributed by atoms with Gasteiger partial charge < -0.3 is 0 Å². The highest BCUT2D eigenvalue weighted by atomic mass is 14.6. The number of hydrogen-bond acceptors (Lipinski definition) is 0. The zero-order valence-corrected chi connectivity index (χ0v) is 10.7. The second-order valence-corrected chi connectivity index (χ2v) is 5.40. The molecule has 2 bridgehead atoms. The van der Waals surface area contributed by atoms with Gasteiger partial charge in [0.2, 0.25) is 0 Å². The molecule has 0 aromatic carbocycles. The van der Waals surface area contributed by atoms with Crippen LogP contribution >= 0.6 is 0 Å². The van der Waals surface area contributed by atoms with Gasteiger partial charge in [-0.1, -0.05) is 53.2 Å². The van der Waals surface area contributed by atoms with Crippen LogP contribution in [0.5, 0.6) is 0 Å². The van der Waals surface area contributed by atoms with E-state index >= 15 is 0 Å².